The minimum absolute atomic E-state index is 0.111. The van der Waals surface area contributed by atoms with Gasteiger partial charge in [-0.15, -0.1) is 0 Å². The smallest absolute Gasteiger partial charge is 0.273 e. The van der Waals surface area contributed by atoms with Gasteiger partial charge in [-0.05, 0) is 74.7 Å². The molecule has 1 amide bonds. The third-order valence-electron chi connectivity index (χ3n) is 5.83. The first-order valence-corrected chi connectivity index (χ1v) is 10.7. The van der Waals surface area contributed by atoms with E-state index in [-0.39, 0.29) is 11.9 Å². The van der Waals surface area contributed by atoms with E-state index in [0.29, 0.717) is 23.0 Å². The van der Waals surface area contributed by atoms with E-state index in [2.05, 4.69) is 29.2 Å². The first kappa shape index (κ1) is 20.6. The Labute approximate surface area is 182 Å². The summed E-state index contributed by atoms with van der Waals surface area (Å²) in [7, 11) is 0. The van der Waals surface area contributed by atoms with Crippen LogP contribution in [0.2, 0.25) is 5.02 Å². The van der Waals surface area contributed by atoms with E-state index < -0.39 is 0 Å². The third kappa shape index (κ3) is 4.58. The molecule has 156 valence electrons. The number of aryl methyl sites for hydroxylation is 2. The van der Waals surface area contributed by atoms with Crippen LogP contribution < -0.4 is 5.32 Å². The molecule has 1 unspecified atom stereocenters. The molecular formula is C24H26ClN3O2. The van der Waals surface area contributed by atoms with Crippen LogP contribution in [0.15, 0.2) is 53.1 Å². The van der Waals surface area contributed by atoms with Crippen molar-refractivity contribution < 1.29 is 9.32 Å². The predicted octanol–water partition coefficient (Wildman–Crippen LogP) is 5.18. The number of nitrogens with zero attached hydrogens (tertiary/aromatic N) is 2. The van der Waals surface area contributed by atoms with E-state index in [9.17, 15) is 4.79 Å². The topological polar surface area (TPSA) is 58.4 Å². The van der Waals surface area contributed by atoms with Gasteiger partial charge < -0.3 is 9.84 Å². The highest BCUT2D eigenvalue weighted by Crippen LogP contribution is 2.26. The Kier molecular flexibility index (Phi) is 6.21. The number of halogens is 1. The first-order valence-electron chi connectivity index (χ1n) is 10.3. The Hall–Kier alpha value is -2.63. The highest BCUT2D eigenvalue weighted by Gasteiger charge is 2.25. The number of aromatic nitrogens is 1. The minimum atomic E-state index is -0.230. The van der Waals surface area contributed by atoms with Crippen molar-refractivity contribution >= 4 is 17.5 Å². The lowest BCUT2D eigenvalue weighted by Gasteiger charge is -2.28. The van der Waals surface area contributed by atoms with Gasteiger partial charge in [0.25, 0.3) is 5.91 Å². The van der Waals surface area contributed by atoms with Crippen LogP contribution in [-0.2, 0) is 0 Å². The highest BCUT2D eigenvalue weighted by molar-refractivity contribution is 6.30. The second kappa shape index (κ2) is 9.02. The Balaban J connectivity index is 1.46. The van der Waals surface area contributed by atoms with E-state index in [1.807, 2.05) is 42.5 Å². The van der Waals surface area contributed by atoms with Crippen molar-refractivity contribution in [2.24, 2.45) is 0 Å². The van der Waals surface area contributed by atoms with Crippen molar-refractivity contribution in [3.63, 3.8) is 0 Å². The molecule has 1 aliphatic rings. The van der Waals surface area contributed by atoms with Gasteiger partial charge >= 0.3 is 0 Å². The number of carbonyl (C=O) groups is 1. The summed E-state index contributed by atoms with van der Waals surface area (Å²) in [5.74, 6) is 0.365. The Morgan fingerprint density at radius 2 is 1.83 bits per heavy atom. The van der Waals surface area contributed by atoms with Gasteiger partial charge in [-0.3, -0.25) is 9.69 Å². The summed E-state index contributed by atoms with van der Waals surface area (Å²) >= 11 is 6.05. The van der Waals surface area contributed by atoms with Gasteiger partial charge in [0.05, 0.1) is 6.04 Å². The van der Waals surface area contributed by atoms with Crippen LogP contribution in [0.3, 0.4) is 0 Å². The lowest BCUT2D eigenvalue weighted by molar-refractivity contribution is 0.0929. The molecule has 1 N–H and O–H groups in total. The average Bonchev–Trinajstić information content (AvgIpc) is 3.44. The number of likely N-dealkylation sites (tertiary alicyclic amines) is 1. The molecule has 0 saturated carbocycles. The summed E-state index contributed by atoms with van der Waals surface area (Å²) < 4.78 is 5.44. The first-order chi connectivity index (χ1) is 14.5. The molecule has 4 rings (SSSR count). The molecule has 0 bridgehead atoms. The molecule has 0 radical (unpaired) electrons. The fourth-order valence-electron chi connectivity index (χ4n) is 3.89. The second-order valence-electron chi connectivity index (χ2n) is 7.90. The monoisotopic (exact) mass is 423 g/mol. The Morgan fingerprint density at radius 3 is 2.53 bits per heavy atom. The van der Waals surface area contributed by atoms with Crippen LogP contribution in [0.4, 0.5) is 0 Å². The van der Waals surface area contributed by atoms with Crippen molar-refractivity contribution in [2.45, 2.75) is 32.7 Å². The zero-order valence-corrected chi connectivity index (χ0v) is 18.1. The molecule has 1 fully saturated rings. The summed E-state index contributed by atoms with van der Waals surface area (Å²) in [6.07, 6.45) is 2.36. The van der Waals surface area contributed by atoms with Crippen LogP contribution in [0, 0.1) is 13.8 Å². The van der Waals surface area contributed by atoms with Gasteiger partial charge in [0.2, 0.25) is 0 Å². The van der Waals surface area contributed by atoms with E-state index in [1.165, 1.54) is 24.0 Å². The Bertz CT molecular complexity index is 1020. The maximum atomic E-state index is 12.7. The predicted molar refractivity (Wildman–Crippen MR) is 119 cm³/mol. The zero-order chi connectivity index (χ0) is 21.1. The van der Waals surface area contributed by atoms with Gasteiger partial charge in [0.15, 0.2) is 11.5 Å². The number of hydrogen-bond acceptors (Lipinski definition) is 4. The number of nitrogens with one attached hydrogen (secondary N) is 1. The van der Waals surface area contributed by atoms with Crippen molar-refractivity contribution in [3.8, 4) is 11.3 Å². The second-order valence-corrected chi connectivity index (χ2v) is 8.33. The van der Waals surface area contributed by atoms with Gasteiger partial charge in [0.1, 0.15) is 0 Å². The van der Waals surface area contributed by atoms with Crippen molar-refractivity contribution in [1.29, 1.82) is 0 Å². The van der Waals surface area contributed by atoms with Gasteiger partial charge in [-0.25, -0.2) is 0 Å². The van der Waals surface area contributed by atoms with Crippen molar-refractivity contribution in [3.05, 3.63) is 75.9 Å². The van der Waals surface area contributed by atoms with Crippen molar-refractivity contribution in [2.75, 3.05) is 19.6 Å². The average molecular weight is 424 g/mol. The molecular weight excluding hydrogens is 398 g/mol. The largest absolute Gasteiger partial charge is 0.355 e. The summed E-state index contributed by atoms with van der Waals surface area (Å²) in [5.41, 5.74) is 4.75. The lowest BCUT2D eigenvalue weighted by atomic mass is 10.0. The fraction of sp³-hybridized carbons (Fsp3) is 0.333. The molecule has 2 heterocycles. The lowest BCUT2D eigenvalue weighted by Crippen LogP contribution is -2.36. The molecule has 3 aromatic rings. The van der Waals surface area contributed by atoms with E-state index >= 15 is 0 Å². The van der Waals surface area contributed by atoms with E-state index in [0.717, 1.165) is 24.2 Å². The number of benzene rings is 2. The van der Waals surface area contributed by atoms with E-state index in [4.69, 9.17) is 16.1 Å². The van der Waals surface area contributed by atoms with Crippen molar-refractivity contribution in [1.82, 2.24) is 15.4 Å². The number of amides is 1. The summed E-state index contributed by atoms with van der Waals surface area (Å²) in [4.78, 5) is 15.2. The molecule has 0 spiro atoms. The summed E-state index contributed by atoms with van der Waals surface area (Å²) in [5, 5.41) is 7.74. The normalized spacial score (nSPS) is 15.3. The van der Waals surface area contributed by atoms with Crippen LogP contribution in [0.1, 0.15) is 46.1 Å². The minimum Gasteiger partial charge on any atom is -0.355 e. The molecule has 1 atom stereocenters. The third-order valence-corrected chi connectivity index (χ3v) is 6.08. The van der Waals surface area contributed by atoms with Crippen LogP contribution in [0.25, 0.3) is 11.3 Å². The molecule has 1 aliphatic heterocycles. The van der Waals surface area contributed by atoms with Crippen LogP contribution >= 0.6 is 11.6 Å². The molecule has 5 nitrogen and oxygen atoms in total. The number of carbonyl (C=O) groups excluding carboxylic acids is 1. The molecule has 6 heteroatoms. The molecule has 0 aliphatic carbocycles. The van der Waals surface area contributed by atoms with Gasteiger partial charge in [0, 0.05) is 23.2 Å². The number of hydrogen-bond donors (Lipinski definition) is 1. The fourth-order valence-corrected chi connectivity index (χ4v) is 4.01. The van der Waals surface area contributed by atoms with Gasteiger partial charge in [-0.2, -0.15) is 0 Å². The van der Waals surface area contributed by atoms with Gasteiger partial charge in [-0.1, -0.05) is 41.0 Å². The maximum absolute atomic E-state index is 12.7. The van der Waals surface area contributed by atoms with Crippen LogP contribution in [0.5, 0.6) is 0 Å². The van der Waals surface area contributed by atoms with Crippen LogP contribution in [-0.4, -0.2) is 35.6 Å². The molecule has 30 heavy (non-hydrogen) atoms. The SMILES string of the molecule is Cc1ccc(-c2cc(C(=O)NCC(c3ccc(Cl)cc3)N3CCCC3)no2)cc1C. The highest BCUT2D eigenvalue weighted by atomic mass is 35.5. The quantitative estimate of drug-likeness (QED) is 0.593. The maximum Gasteiger partial charge on any atom is 0.273 e. The zero-order valence-electron chi connectivity index (χ0n) is 17.3. The number of rotatable bonds is 6. The summed E-state index contributed by atoms with van der Waals surface area (Å²) in [6, 6.07) is 15.7. The standard InChI is InChI=1S/C24H26ClN3O2/c1-16-5-6-19(13-17(16)2)23-14-21(27-30-23)24(29)26-15-22(28-11-3-4-12-28)18-7-9-20(25)10-8-18/h5-10,13-14,22H,3-4,11-12,15H2,1-2H3,(H,26,29). The van der Waals surface area contributed by atoms with E-state index in [1.54, 1.807) is 6.07 Å². The summed E-state index contributed by atoms with van der Waals surface area (Å²) in [6.45, 7) is 6.69. The molecule has 2 aromatic carbocycles. The molecule has 1 aromatic heterocycles. The molecule has 1 saturated heterocycles. The Morgan fingerprint density at radius 1 is 1.10 bits per heavy atom.